The van der Waals surface area contributed by atoms with E-state index < -0.39 is 5.97 Å². The van der Waals surface area contributed by atoms with Gasteiger partial charge in [-0.3, -0.25) is 0 Å². The van der Waals surface area contributed by atoms with Crippen LogP contribution in [0, 0.1) is 0 Å². The summed E-state index contributed by atoms with van der Waals surface area (Å²) in [6.07, 6.45) is 3.40. The maximum Gasteiger partial charge on any atom is 0.331 e. The van der Waals surface area contributed by atoms with Gasteiger partial charge >= 0.3 is 5.97 Å². The average Bonchev–Trinajstić information content (AvgIpc) is 2.92. The van der Waals surface area contributed by atoms with Crippen LogP contribution in [-0.2, 0) is 14.3 Å². The Kier molecular flexibility index (Phi) is 2.33. The molecule has 2 fully saturated rings. The Morgan fingerprint density at radius 1 is 1.38 bits per heavy atom. The number of carbonyl (C=O) groups is 1. The molecule has 0 aliphatic carbocycles. The Balaban J connectivity index is 1.85. The van der Waals surface area contributed by atoms with Crippen LogP contribution in [0.5, 0.6) is 0 Å². The quantitative estimate of drug-likeness (QED) is 0.501. The molecule has 4 heteroatoms. The van der Waals surface area contributed by atoms with Crippen molar-refractivity contribution in [3.63, 3.8) is 0 Å². The zero-order chi connectivity index (χ0) is 9.26. The molecule has 2 unspecified atom stereocenters. The Bertz CT molecular complexity index is 238. The number of ether oxygens (including phenoxy) is 2. The molecule has 13 heavy (non-hydrogen) atoms. The van der Waals surface area contributed by atoms with Gasteiger partial charge in [0.25, 0.3) is 0 Å². The predicted octanol–water partition coefficient (Wildman–Crippen LogP) is 0.575. The molecule has 1 N–H and O–H groups in total. The van der Waals surface area contributed by atoms with Gasteiger partial charge in [0.1, 0.15) is 0 Å². The molecule has 0 amide bonds. The Labute approximate surface area is 76.1 Å². The first-order valence-corrected chi connectivity index (χ1v) is 4.41. The van der Waals surface area contributed by atoms with Crippen LogP contribution >= 0.6 is 0 Å². The highest BCUT2D eigenvalue weighted by atomic mass is 16.6. The molecule has 2 aliphatic rings. The largest absolute Gasteiger partial charge is 0.478 e. The molecule has 2 saturated heterocycles. The number of carboxylic acid groups (broad SMARTS) is 1. The van der Waals surface area contributed by atoms with Crippen LogP contribution in [0.3, 0.4) is 0 Å². The van der Waals surface area contributed by atoms with E-state index in [4.69, 9.17) is 14.6 Å². The topological polar surface area (TPSA) is 62.4 Å². The number of hydrogen-bond acceptors (Lipinski definition) is 3. The summed E-state index contributed by atoms with van der Waals surface area (Å²) >= 11 is 0. The summed E-state index contributed by atoms with van der Waals surface area (Å²) in [6, 6.07) is 0. The first-order chi connectivity index (χ1) is 6.25. The normalized spacial score (nSPS) is 31.5. The molecule has 0 bridgehead atoms. The maximum atomic E-state index is 10.7. The molecule has 0 aromatic heterocycles. The van der Waals surface area contributed by atoms with Crippen molar-refractivity contribution in [2.75, 3.05) is 13.2 Å². The van der Waals surface area contributed by atoms with Gasteiger partial charge in [0.15, 0.2) is 0 Å². The smallest absolute Gasteiger partial charge is 0.331 e. The van der Waals surface area contributed by atoms with Gasteiger partial charge < -0.3 is 14.6 Å². The van der Waals surface area contributed by atoms with E-state index in [9.17, 15) is 4.79 Å². The molecule has 2 aliphatic heterocycles. The number of carboxylic acids is 1. The van der Waals surface area contributed by atoms with Gasteiger partial charge in [-0.1, -0.05) is 6.08 Å². The summed E-state index contributed by atoms with van der Waals surface area (Å²) in [7, 11) is 0. The second-order valence-electron chi connectivity index (χ2n) is 3.39. The summed E-state index contributed by atoms with van der Waals surface area (Å²) in [5, 5.41) is 8.82. The highest BCUT2D eigenvalue weighted by molar-refractivity contribution is 5.86. The van der Waals surface area contributed by atoms with Crippen LogP contribution in [0.25, 0.3) is 0 Å². The molecule has 2 heterocycles. The van der Waals surface area contributed by atoms with Crippen molar-refractivity contribution in [2.45, 2.75) is 25.0 Å². The van der Waals surface area contributed by atoms with Crippen LogP contribution in [0.2, 0.25) is 0 Å². The minimum absolute atomic E-state index is 0.141. The summed E-state index contributed by atoms with van der Waals surface area (Å²) in [5.41, 5.74) is 0.456. The lowest BCUT2D eigenvalue weighted by atomic mass is 10.1. The van der Waals surface area contributed by atoms with Crippen molar-refractivity contribution in [3.8, 4) is 0 Å². The lowest BCUT2D eigenvalue weighted by molar-refractivity contribution is -0.132. The van der Waals surface area contributed by atoms with E-state index in [1.54, 1.807) is 6.08 Å². The van der Waals surface area contributed by atoms with Crippen molar-refractivity contribution in [3.05, 3.63) is 11.6 Å². The van der Waals surface area contributed by atoms with Crippen molar-refractivity contribution in [2.24, 2.45) is 0 Å². The van der Waals surface area contributed by atoms with Crippen LogP contribution in [0.15, 0.2) is 11.6 Å². The van der Waals surface area contributed by atoms with Crippen molar-refractivity contribution >= 4 is 5.97 Å². The number of aliphatic carboxylic acids is 1. The van der Waals surface area contributed by atoms with Gasteiger partial charge in [0.2, 0.25) is 0 Å². The van der Waals surface area contributed by atoms with Crippen LogP contribution in [-0.4, -0.2) is 36.5 Å². The molecule has 0 aromatic carbocycles. The van der Waals surface area contributed by atoms with Crippen LogP contribution < -0.4 is 0 Å². The van der Waals surface area contributed by atoms with E-state index >= 15 is 0 Å². The third-order valence-electron chi connectivity index (χ3n) is 2.15. The van der Waals surface area contributed by atoms with E-state index in [2.05, 4.69) is 0 Å². The minimum Gasteiger partial charge on any atom is -0.478 e. The molecular formula is C9H12O4. The Morgan fingerprint density at radius 3 is 2.46 bits per heavy atom. The van der Waals surface area contributed by atoms with Crippen molar-refractivity contribution in [1.29, 1.82) is 0 Å². The molecule has 2 atom stereocenters. The van der Waals surface area contributed by atoms with E-state index in [1.165, 1.54) is 0 Å². The lowest BCUT2D eigenvalue weighted by Gasteiger charge is -1.97. The zero-order valence-corrected chi connectivity index (χ0v) is 7.23. The Morgan fingerprint density at radius 2 is 2.00 bits per heavy atom. The van der Waals surface area contributed by atoms with Crippen LogP contribution in [0.4, 0.5) is 0 Å². The summed E-state index contributed by atoms with van der Waals surface area (Å²) in [4.78, 5) is 10.7. The third-order valence-corrected chi connectivity index (χ3v) is 2.15. The van der Waals surface area contributed by atoms with Crippen molar-refractivity contribution in [1.82, 2.24) is 0 Å². The summed E-state index contributed by atoms with van der Waals surface area (Å²) in [6.45, 7) is 1.47. The number of epoxide rings is 2. The van der Waals surface area contributed by atoms with Gasteiger partial charge in [0.05, 0.1) is 25.4 Å². The zero-order valence-electron chi connectivity index (χ0n) is 7.23. The van der Waals surface area contributed by atoms with Gasteiger partial charge in [-0.05, 0) is 6.42 Å². The maximum absolute atomic E-state index is 10.7. The first-order valence-electron chi connectivity index (χ1n) is 4.41. The van der Waals surface area contributed by atoms with Crippen molar-refractivity contribution < 1.29 is 19.4 Å². The van der Waals surface area contributed by atoms with E-state index in [0.717, 1.165) is 6.61 Å². The molecule has 2 rings (SSSR count). The third kappa shape index (κ3) is 2.82. The van der Waals surface area contributed by atoms with Gasteiger partial charge in [-0.15, -0.1) is 0 Å². The minimum atomic E-state index is -0.837. The monoisotopic (exact) mass is 184 g/mol. The predicted molar refractivity (Wildman–Crippen MR) is 44.4 cm³/mol. The standard InChI is InChI=1S/C9H12O4/c10-9(11)6(3-8-5-13-8)1-2-7-4-12-7/h1,7-8H,2-5H2,(H,10,11)/b6-1-. The van der Waals surface area contributed by atoms with E-state index in [1.807, 2.05) is 0 Å². The lowest BCUT2D eigenvalue weighted by Crippen LogP contribution is -2.04. The number of hydrogen-bond donors (Lipinski definition) is 1. The fourth-order valence-corrected chi connectivity index (χ4v) is 1.17. The molecule has 4 nitrogen and oxygen atoms in total. The molecule has 0 spiro atoms. The van der Waals surface area contributed by atoms with E-state index in [-0.39, 0.29) is 12.2 Å². The first kappa shape index (κ1) is 8.72. The number of rotatable bonds is 5. The van der Waals surface area contributed by atoms with Gasteiger partial charge in [0, 0.05) is 12.0 Å². The van der Waals surface area contributed by atoms with Crippen LogP contribution in [0.1, 0.15) is 12.8 Å². The SMILES string of the molecule is O=C(O)/C(=C\CC1CO1)CC1CO1. The van der Waals surface area contributed by atoms with Gasteiger partial charge in [-0.2, -0.15) is 0 Å². The highest BCUT2D eigenvalue weighted by Gasteiger charge is 2.27. The molecule has 72 valence electrons. The van der Waals surface area contributed by atoms with E-state index in [0.29, 0.717) is 25.0 Å². The molecular weight excluding hydrogens is 172 g/mol. The second-order valence-corrected chi connectivity index (χ2v) is 3.39. The summed E-state index contributed by atoms with van der Waals surface area (Å²) < 4.78 is 9.97. The fourth-order valence-electron chi connectivity index (χ4n) is 1.17. The highest BCUT2D eigenvalue weighted by Crippen LogP contribution is 2.21. The molecule has 0 radical (unpaired) electrons. The Hall–Kier alpha value is -0.870. The molecule has 0 saturated carbocycles. The summed E-state index contributed by atoms with van der Waals surface area (Å²) in [5.74, 6) is -0.837. The molecule has 0 aromatic rings. The van der Waals surface area contributed by atoms with Gasteiger partial charge in [-0.25, -0.2) is 4.79 Å². The second kappa shape index (κ2) is 3.47. The average molecular weight is 184 g/mol. The fraction of sp³-hybridized carbons (Fsp3) is 0.667.